The zero-order valence-electron chi connectivity index (χ0n) is 9.68. The van der Waals surface area contributed by atoms with Crippen LogP contribution in [0.1, 0.15) is 12.5 Å². The molecule has 0 saturated carbocycles. The average molecular weight is 249 g/mol. The predicted octanol–water partition coefficient (Wildman–Crippen LogP) is 2.45. The maximum atomic E-state index is 5.79. The van der Waals surface area contributed by atoms with Gasteiger partial charge in [-0.25, -0.2) is 0 Å². The summed E-state index contributed by atoms with van der Waals surface area (Å²) in [7, 11) is 0. The molecule has 90 valence electrons. The van der Waals surface area contributed by atoms with Crippen LogP contribution in [0.5, 0.6) is 0 Å². The quantitative estimate of drug-likeness (QED) is 0.844. The number of hydrogen-bond acceptors (Lipinski definition) is 4. The van der Waals surface area contributed by atoms with Crippen molar-refractivity contribution in [1.29, 1.82) is 0 Å². The van der Waals surface area contributed by atoms with Gasteiger partial charge in [0.05, 0.1) is 19.3 Å². The predicted molar refractivity (Wildman–Crippen MR) is 69.1 cm³/mol. The smallest absolute Gasteiger partial charge is 0.193 e. The van der Waals surface area contributed by atoms with Gasteiger partial charge in [-0.05, 0) is 13.0 Å². The van der Waals surface area contributed by atoms with Crippen LogP contribution in [0.3, 0.4) is 0 Å². The fraction of sp³-hybridized carbons (Fsp3) is 0.385. The van der Waals surface area contributed by atoms with E-state index in [-0.39, 0.29) is 6.04 Å². The summed E-state index contributed by atoms with van der Waals surface area (Å²) >= 11 is 1.72. The molecular formula is C13H15NO2S. The molecule has 0 amide bonds. The highest BCUT2D eigenvalue weighted by atomic mass is 32.1. The second kappa shape index (κ2) is 4.07. The molecule has 3 nitrogen and oxygen atoms in total. The van der Waals surface area contributed by atoms with Crippen LogP contribution in [0, 0.1) is 0 Å². The second-order valence-corrected chi connectivity index (χ2v) is 5.38. The minimum Gasteiger partial charge on any atom is -0.344 e. The van der Waals surface area contributed by atoms with Gasteiger partial charge in [-0.1, -0.05) is 18.2 Å². The lowest BCUT2D eigenvalue weighted by molar-refractivity contribution is -0.269. The fourth-order valence-corrected chi connectivity index (χ4v) is 3.15. The van der Waals surface area contributed by atoms with E-state index in [2.05, 4.69) is 17.5 Å². The van der Waals surface area contributed by atoms with Gasteiger partial charge in [0.15, 0.2) is 5.79 Å². The van der Waals surface area contributed by atoms with Crippen molar-refractivity contribution in [2.24, 2.45) is 5.73 Å². The van der Waals surface area contributed by atoms with Gasteiger partial charge >= 0.3 is 0 Å². The third-order valence-corrected chi connectivity index (χ3v) is 4.08. The molecule has 1 aliphatic heterocycles. The van der Waals surface area contributed by atoms with Gasteiger partial charge in [-0.2, -0.15) is 0 Å². The van der Waals surface area contributed by atoms with Gasteiger partial charge in [0.25, 0.3) is 0 Å². The van der Waals surface area contributed by atoms with E-state index in [1.165, 1.54) is 10.1 Å². The summed E-state index contributed by atoms with van der Waals surface area (Å²) in [5, 5.41) is 3.32. The highest BCUT2D eigenvalue weighted by Crippen LogP contribution is 2.38. The van der Waals surface area contributed by atoms with Crippen molar-refractivity contribution in [2.45, 2.75) is 18.8 Å². The van der Waals surface area contributed by atoms with E-state index in [1.54, 1.807) is 11.3 Å². The van der Waals surface area contributed by atoms with E-state index in [1.807, 2.05) is 19.1 Å². The molecule has 2 heterocycles. The highest BCUT2D eigenvalue weighted by molar-refractivity contribution is 7.17. The summed E-state index contributed by atoms with van der Waals surface area (Å²) in [5.74, 6) is -0.657. The summed E-state index contributed by atoms with van der Waals surface area (Å²) in [6.45, 7) is 3.05. The molecule has 4 heteroatoms. The summed E-state index contributed by atoms with van der Waals surface area (Å²) in [6.07, 6.45) is 0. The first-order valence-corrected chi connectivity index (χ1v) is 6.57. The van der Waals surface area contributed by atoms with Crippen LogP contribution in [0.15, 0.2) is 29.6 Å². The van der Waals surface area contributed by atoms with E-state index < -0.39 is 5.79 Å². The zero-order valence-corrected chi connectivity index (χ0v) is 10.5. The van der Waals surface area contributed by atoms with E-state index in [0.717, 1.165) is 5.56 Å². The van der Waals surface area contributed by atoms with Crippen LogP contribution in [0.2, 0.25) is 0 Å². The largest absolute Gasteiger partial charge is 0.344 e. The molecular weight excluding hydrogens is 234 g/mol. The molecule has 0 radical (unpaired) electrons. The summed E-state index contributed by atoms with van der Waals surface area (Å²) in [6, 6.07) is 8.28. The lowest BCUT2D eigenvalue weighted by Crippen LogP contribution is -2.45. The van der Waals surface area contributed by atoms with Gasteiger partial charge in [0.1, 0.15) is 0 Å². The summed E-state index contributed by atoms with van der Waals surface area (Å²) in [4.78, 5) is 0. The van der Waals surface area contributed by atoms with E-state index in [4.69, 9.17) is 15.2 Å². The Balaban J connectivity index is 2.03. The van der Waals surface area contributed by atoms with Gasteiger partial charge in [0.2, 0.25) is 0 Å². The third kappa shape index (κ3) is 1.87. The van der Waals surface area contributed by atoms with Crippen molar-refractivity contribution in [2.75, 3.05) is 13.2 Å². The standard InChI is InChI=1S/C13H15NO2S/c1-13(15-6-9(14)7-16-13)11-8-17-12-5-3-2-4-10(11)12/h2-5,8-9H,6-7,14H2,1H3. The molecule has 1 saturated heterocycles. The number of hydrogen-bond donors (Lipinski definition) is 1. The fourth-order valence-electron chi connectivity index (χ4n) is 2.11. The molecule has 1 aromatic heterocycles. The van der Waals surface area contributed by atoms with Crippen LogP contribution >= 0.6 is 11.3 Å². The molecule has 17 heavy (non-hydrogen) atoms. The topological polar surface area (TPSA) is 44.5 Å². The average Bonchev–Trinajstić information content (AvgIpc) is 2.78. The number of benzene rings is 1. The Bertz CT molecular complexity index is 529. The number of fused-ring (bicyclic) bond motifs is 1. The lowest BCUT2D eigenvalue weighted by Gasteiger charge is -2.36. The number of thiophene rings is 1. The molecule has 2 N–H and O–H groups in total. The SMILES string of the molecule is CC1(c2csc3ccccc23)OCC(N)CO1. The molecule has 0 atom stereocenters. The molecule has 0 spiro atoms. The number of ether oxygens (including phenoxy) is 2. The van der Waals surface area contributed by atoms with Crippen LogP contribution in [-0.4, -0.2) is 19.3 Å². The Morgan fingerprint density at radius 1 is 1.29 bits per heavy atom. The van der Waals surface area contributed by atoms with Crippen molar-refractivity contribution < 1.29 is 9.47 Å². The maximum Gasteiger partial charge on any atom is 0.193 e. The Hall–Kier alpha value is -0.940. The Morgan fingerprint density at radius 3 is 2.76 bits per heavy atom. The van der Waals surface area contributed by atoms with Crippen molar-refractivity contribution in [1.82, 2.24) is 0 Å². The zero-order chi connectivity index (χ0) is 11.9. The molecule has 3 rings (SSSR count). The second-order valence-electron chi connectivity index (χ2n) is 4.47. The van der Waals surface area contributed by atoms with Crippen molar-refractivity contribution in [3.05, 3.63) is 35.2 Å². The molecule has 1 aliphatic rings. The molecule has 2 aromatic rings. The van der Waals surface area contributed by atoms with Crippen LogP contribution < -0.4 is 5.73 Å². The van der Waals surface area contributed by atoms with Crippen LogP contribution in [0.25, 0.3) is 10.1 Å². The van der Waals surface area contributed by atoms with E-state index in [0.29, 0.717) is 13.2 Å². The maximum absolute atomic E-state index is 5.79. The van der Waals surface area contributed by atoms with Crippen molar-refractivity contribution in [3.63, 3.8) is 0 Å². The third-order valence-electron chi connectivity index (χ3n) is 3.12. The van der Waals surface area contributed by atoms with Gasteiger partial charge in [-0.15, -0.1) is 11.3 Å². The molecule has 0 unspecified atom stereocenters. The van der Waals surface area contributed by atoms with E-state index >= 15 is 0 Å². The van der Waals surface area contributed by atoms with Crippen LogP contribution in [0.4, 0.5) is 0 Å². The lowest BCUT2D eigenvalue weighted by atomic mass is 10.1. The first kappa shape index (κ1) is 11.2. The van der Waals surface area contributed by atoms with Crippen molar-refractivity contribution in [3.8, 4) is 0 Å². The van der Waals surface area contributed by atoms with Gasteiger partial charge < -0.3 is 15.2 Å². The normalized spacial score (nSPS) is 29.6. The number of rotatable bonds is 1. The van der Waals surface area contributed by atoms with Gasteiger partial charge in [0, 0.05) is 21.0 Å². The highest BCUT2D eigenvalue weighted by Gasteiger charge is 2.35. The van der Waals surface area contributed by atoms with Crippen LogP contribution in [-0.2, 0) is 15.3 Å². The monoisotopic (exact) mass is 249 g/mol. The summed E-state index contributed by atoms with van der Waals surface area (Å²) in [5.41, 5.74) is 6.88. The summed E-state index contributed by atoms with van der Waals surface area (Å²) < 4.78 is 12.8. The Labute approximate surface area is 104 Å². The van der Waals surface area contributed by atoms with Crippen molar-refractivity contribution >= 4 is 21.4 Å². The first-order chi connectivity index (χ1) is 8.19. The minimum absolute atomic E-state index is 0.0204. The van der Waals surface area contributed by atoms with E-state index in [9.17, 15) is 0 Å². The van der Waals surface area contributed by atoms with Gasteiger partial charge in [-0.3, -0.25) is 0 Å². The molecule has 1 fully saturated rings. The number of nitrogens with two attached hydrogens (primary N) is 1. The first-order valence-electron chi connectivity index (χ1n) is 5.69. The molecule has 1 aromatic carbocycles. The Morgan fingerprint density at radius 2 is 2.00 bits per heavy atom. The molecule has 0 bridgehead atoms. The Kier molecular flexibility index (Phi) is 2.67. The minimum atomic E-state index is -0.657. The molecule has 0 aliphatic carbocycles.